The summed E-state index contributed by atoms with van der Waals surface area (Å²) in [5.74, 6) is 0.725. The normalized spacial score (nSPS) is 11.3. The molecule has 0 aliphatic heterocycles. The van der Waals surface area contributed by atoms with E-state index in [1.165, 1.54) is 11.8 Å². The Bertz CT molecular complexity index is 138. The Kier molecular flexibility index (Phi) is 6.33. The van der Waals surface area contributed by atoms with Gasteiger partial charge in [0.25, 0.3) is 0 Å². The molecule has 64 valence electrons. The van der Waals surface area contributed by atoms with Gasteiger partial charge in [-0.05, 0) is 24.2 Å². The van der Waals surface area contributed by atoms with Crippen LogP contribution in [0.1, 0.15) is 33.6 Å². The molecule has 0 saturated heterocycles. The molecule has 0 bridgehead atoms. The van der Waals surface area contributed by atoms with E-state index in [1.807, 2.05) is 12.3 Å². The van der Waals surface area contributed by atoms with Crippen LogP contribution in [0, 0.1) is 11.3 Å². The molecule has 0 heterocycles. The first kappa shape index (κ1) is 10.8. The molecule has 0 saturated carbocycles. The van der Waals surface area contributed by atoms with E-state index >= 15 is 0 Å². The Labute approximate surface area is 73.8 Å². The molecule has 0 aromatic heterocycles. The van der Waals surface area contributed by atoms with Gasteiger partial charge >= 0.3 is 0 Å². The molecule has 11 heavy (non-hydrogen) atoms. The van der Waals surface area contributed by atoms with Gasteiger partial charge in [-0.25, -0.2) is 0 Å². The van der Waals surface area contributed by atoms with Gasteiger partial charge in [0.15, 0.2) is 0 Å². The van der Waals surface area contributed by atoms with Crippen molar-refractivity contribution in [3.8, 4) is 0 Å². The second-order valence-electron chi connectivity index (χ2n) is 2.90. The largest absolute Gasteiger partial charge is 0.298 e. The number of hydrogen-bond donors (Lipinski definition) is 1. The molecule has 0 aromatic carbocycles. The Hall–Kier alpha value is -0.240. The SMILES string of the molecule is CCC(=N)SC=CCC(C)C. The van der Waals surface area contributed by atoms with Crippen LogP contribution >= 0.6 is 11.8 Å². The molecule has 1 nitrogen and oxygen atoms in total. The highest BCUT2D eigenvalue weighted by atomic mass is 32.2. The average Bonchev–Trinajstić information content (AvgIpc) is 1.97. The van der Waals surface area contributed by atoms with Crippen LogP contribution in [0.2, 0.25) is 0 Å². The van der Waals surface area contributed by atoms with Crippen molar-refractivity contribution in [1.29, 1.82) is 5.41 Å². The van der Waals surface area contributed by atoms with Gasteiger partial charge in [-0.1, -0.05) is 38.6 Å². The van der Waals surface area contributed by atoms with E-state index in [0.717, 1.165) is 23.8 Å². The fraction of sp³-hybridized carbons (Fsp3) is 0.667. The third kappa shape index (κ3) is 7.66. The third-order valence-corrected chi connectivity index (χ3v) is 2.14. The van der Waals surface area contributed by atoms with Crippen molar-refractivity contribution in [2.24, 2.45) is 5.92 Å². The van der Waals surface area contributed by atoms with E-state index in [0.29, 0.717) is 0 Å². The molecule has 0 fully saturated rings. The summed E-state index contributed by atoms with van der Waals surface area (Å²) in [5.41, 5.74) is 0. The van der Waals surface area contributed by atoms with Crippen LogP contribution in [0.25, 0.3) is 0 Å². The lowest BCUT2D eigenvalue weighted by Crippen LogP contribution is -1.83. The van der Waals surface area contributed by atoms with Gasteiger partial charge in [0.2, 0.25) is 0 Å². The van der Waals surface area contributed by atoms with Crippen molar-refractivity contribution in [2.45, 2.75) is 33.6 Å². The maximum atomic E-state index is 7.33. The van der Waals surface area contributed by atoms with Gasteiger partial charge in [-0.2, -0.15) is 0 Å². The predicted molar refractivity (Wildman–Crippen MR) is 54.2 cm³/mol. The molecular weight excluding hydrogens is 154 g/mol. The summed E-state index contributed by atoms with van der Waals surface area (Å²) in [5, 5.41) is 10.1. The Morgan fingerprint density at radius 1 is 1.55 bits per heavy atom. The topological polar surface area (TPSA) is 23.9 Å². The maximum absolute atomic E-state index is 7.33. The van der Waals surface area contributed by atoms with Crippen molar-refractivity contribution < 1.29 is 0 Å². The van der Waals surface area contributed by atoms with Crippen molar-refractivity contribution in [3.05, 3.63) is 11.5 Å². The van der Waals surface area contributed by atoms with E-state index < -0.39 is 0 Å². The zero-order valence-corrected chi connectivity index (χ0v) is 8.37. The summed E-state index contributed by atoms with van der Waals surface area (Å²) in [6.07, 6.45) is 4.10. The van der Waals surface area contributed by atoms with Crippen molar-refractivity contribution in [1.82, 2.24) is 0 Å². The Morgan fingerprint density at radius 2 is 2.18 bits per heavy atom. The predicted octanol–water partition coefficient (Wildman–Crippen LogP) is 3.67. The van der Waals surface area contributed by atoms with Gasteiger partial charge < -0.3 is 0 Å². The van der Waals surface area contributed by atoms with Gasteiger partial charge in [0.05, 0.1) is 5.04 Å². The molecule has 0 radical (unpaired) electrons. The highest BCUT2D eigenvalue weighted by Gasteiger charge is 1.89. The van der Waals surface area contributed by atoms with E-state index in [2.05, 4.69) is 19.9 Å². The summed E-state index contributed by atoms with van der Waals surface area (Å²) in [6, 6.07) is 0. The second-order valence-corrected chi connectivity index (χ2v) is 3.90. The van der Waals surface area contributed by atoms with Crippen molar-refractivity contribution in [3.63, 3.8) is 0 Å². The van der Waals surface area contributed by atoms with Crippen LogP contribution in [-0.2, 0) is 0 Å². The second kappa shape index (κ2) is 6.47. The Balaban J connectivity index is 3.37. The molecule has 0 aliphatic carbocycles. The molecule has 0 unspecified atom stereocenters. The molecule has 0 amide bonds. The zero-order valence-electron chi connectivity index (χ0n) is 7.55. The van der Waals surface area contributed by atoms with Gasteiger partial charge in [-0.3, -0.25) is 5.41 Å². The summed E-state index contributed by atoms with van der Waals surface area (Å²) in [7, 11) is 0. The lowest BCUT2D eigenvalue weighted by atomic mass is 10.1. The molecule has 0 aromatic rings. The highest BCUT2D eigenvalue weighted by Crippen LogP contribution is 2.09. The van der Waals surface area contributed by atoms with Crippen LogP contribution in [0.5, 0.6) is 0 Å². The molecule has 2 heteroatoms. The lowest BCUT2D eigenvalue weighted by molar-refractivity contribution is 0.664. The van der Waals surface area contributed by atoms with E-state index in [4.69, 9.17) is 5.41 Å². The fourth-order valence-corrected chi connectivity index (χ4v) is 1.08. The van der Waals surface area contributed by atoms with Crippen molar-refractivity contribution >= 4 is 16.8 Å². The lowest BCUT2D eigenvalue weighted by Gasteiger charge is -1.96. The molecule has 0 spiro atoms. The molecule has 0 rings (SSSR count). The fourth-order valence-electron chi connectivity index (χ4n) is 0.541. The smallest absolute Gasteiger partial charge is 0.0680 e. The minimum atomic E-state index is 0.725. The molecular formula is C9H17NS. The molecule has 1 N–H and O–H groups in total. The van der Waals surface area contributed by atoms with Gasteiger partial charge in [-0.15, -0.1) is 0 Å². The van der Waals surface area contributed by atoms with Crippen molar-refractivity contribution in [2.75, 3.05) is 0 Å². The summed E-state index contributed by atoms with van der Waals surface area (Å²) in [4.78, 5) is 0. The van der Waals surface area contributed by atoms with Gasteiger partial charge in [0.1, 0.15) is 0 Å². The molecule has 0 aliphatic rings. The highest BCUT2D eigenvalue weighted by molar-refractivity contribution is 8.16. The average molecular weight is 171 g/mol. The van der Waals surface area contributed by atoms with Gasteiger partial charge in [0, 0.05) is 0 Å². The standard InChI is InChI=1S/C9H17NS/c1-4-9(10)11-7-5-6-8(2)3/h5,7-8,10H,4,6H2,1-3H3. The third-order valence-electron chi connectivity index (χ3n) is 1.24. The van der Waals surface area contributed by atoms with Crippen LogP contribution in [-0.4, -0.2) is 5.04 Å². The monoisotopic (exact) mass is 171 g/mol. The maximum Gasteiger partial charge on any atom is 0.0680 e. The quantitative estimate of drug-likeness (QED) is 0.506. The van der Waals surface area contributed by atoms with E-state index in [-0.39, 0.29) is 0 Å². The number of nitrogens with one attached hydrogen (secondary N) is 1. The first-order valence-corrected chi connectivity index (χ1v) is 4.93. The minimum absolute atomic E-state index is 0.725. The van der Waals surface area contributed by atoms with Crippen LogP contribution in [0.15, 0.2) is 11.5 Å². The number of thioether (sulfide) groups is 1. The minimum Gasteiger partial charge on any atom is -0.298 e. The summed E-state index contributed by atoms with van der Waals surface area (Å²) in [6.45, 7) is 6.39. The first-order chi connectivity index (χ1) is 5.16. The molecule has 0 atom stereocenters. The van der Waals surface area contributed by atoms with E-state index in [1.54, 1.807) is 0 Å². The zero-order chi connectivity index (χ0) is 8.69. The number of rotatable bonds is 4. The van der Waals surface area contributed by atoms with E-state index in [9.17, 15) is 0 Å². The Morgan fingerprint density at radius 3 is 2.64 bits per heavy atom. The van der Waals surface area contributed by atoms with Crippen LogP contribution in [0.4, 0.5) is 0 Å². The summed E-state index contributed by atoms with van der Waals surface area (Å²) >= 11 is 1.52. The summed E-state index contributed by atoms with van der Waals surface area (Å²) < 4.78 is 0. The van der Waals surface area contributed by atoms with Crippen LogP contribution < -0.4 is 0 Å². The number of allylic oxidation sites excluding steroid dienone is 1. The van der Waals surface area contributed by atoms with Crippen LogP contribution in [0.3, 0.4) is 0 Å². The number of hydrogen-bond acceptors (Lipinski definition) is 2. The first-order valence-electron chi connectivity index (χ1n) is 4.06.